The van der Waals surface area contributed by atoms with Crippen molar-refractivity contribution in [3.8, 4) is 0 Å². The second-order valence-electron chi connectivity index (χ2n) is 5.79. The van der Waals surface area contributed by atoms with E-state index in [2.05, 4.69) is 10.3 Å². The molecule has 0 aliphatic heterocycles. The SMILES string of the molecule is CC(=O)n1c(S[C@H](C)C(=O)Nc2ccc([N+](=O)[O-])cc2)nc2ccccc21. The third-order valence-electron chi connectivity index (χ3n) is 3.84. The number of hydrogen-bond acceptors (Lipinski definition) is 6. The van der Waals surface area contributed by atoms with Crippen LogP contribution in [0, 0.1) is 10.1 Å². The summed E-state index contributed by atoms with van der Waals surface area (Å²) in [7, 11) is 0. The molecule has 3 rings (SSSR count). The maximum atomic E-state index is 12.4. The molecule has 0 saturated carbocycles. The number of carbonyl (C=O) groups is 2. The lowest BCUT2D eigenvalue weighted by molar-refractivity contribution is -0.384. The van der Waals surface area contributed by atoms with E-state index >= 15 is 0 Å². The van der Waals surface area contributed by atoms with E-state index in [1.807, 2.05) is 12.1 Å². The molecule has 1 heterocycles. The predicted molar refractivity (Wildman–Crippen MR) is 103 cm³/mol. The molecule has 3 aromatic rings. The average molecular weight is 384 g/mol. The topological polar surface area (TPSA) is 107 Å². The molecule has 1 aromatic heterocycles. The van der Waals surface area contributed by atoms with Crippen LogP contribution in [-0.4, -0.2) is 31.5 Å². The first kappa shape index (κ1) is 18.6. The van der Waals surface area contributed by atoms with Gasteiger partial charge < -0.3 is 5.32 Å². The predicted octanol–water partition coefficient (Wildman–Crippen LogP) is 3.72. The van der Waals surface area contributed by atoms with Crippen LogP contribution in [0.1, 0.15) is 18.6 Å². The summed E-state index contributed by atoms with van der Waals surface area (Å²) in [6.07, 6.45) is 0. The van der Waals surface area contributed by atoms with Gasteiger partial charge >= 0.3 is 0 Å². The maximum absolute atomic E-state index is 12.4. The van der Waals surface area contributed by atoms with E-state index < -0.39 is 10.2 Å². The molecule has 0 radical (unpaired) electrons. The highest BCUT2D eigenvalue weighted by atomic mass is 32.2. The number of carbonyl (C=O) groups excluding carboxylic acids is 2. The summed E-state index contributed by atoms with van der Waals surface area (Å²) in [5, 5.41) is 13.3. The minimum absolute atomic E-state index is 0.0504. The molecular weight excluding hydrogens is 368 g/mol. The van der Waals surface area contributed by atoms with Crippen molar-refractivity contribution in [2.45, 2.75) is 24.3 Å². The van der Waals surface area contributed by atoms with Crippen LogP contribution in [0.2, 0.25) is 0 Å². The number of amides is 1. The largest absolute Gasteiger partial charge is 0.325 e. The molecule has 8 nitrogen and oxygen atoms in total. The van der Waals surface area contributed by atoms with Crippen molar-refractivity contribution in [2.24, 2.45) is 0 Å². The molecule has 1 N–H and O–H groups in total. The first-order valence-corrected chi connectivity index (χ1v) is 8.95. The van der Waals surface area contributed by atoms with E-state index in [-0.39, 0.29) is 17.5 Å². The van der Waals surface area contributed by atoms with Gasteiger partial charge in [0.1, 0.15) is 0 Å². The number of rotatable bonds is 5. The molecule has 1 atom stereocenters. The van der Waals surface area contributed by atoms with Gasteiger partial charge in [-0.1, -0.05) is 23.9 Å². The quantitative estimate of drug-likeness (QED) is 0.408. The van der Waals surface area contributed by atoms with Gasteiger partial charge in [0.25, 0.3) is 5.69 Å². The molecule has 0 fully saturated rings. The van der Waals surface area contributed by atoms with Crippen LogP contribution in [0.5, 0.6) is 0 Å². The third-order valence-corrected chi connectivity index (χ3v) is 4.89. The Morgan fingerprint density at radius 3 is 2.48 bits per heavy atom. The molecule has 0 saturated heterocycles. The van der Waals surface area contributed by atoms with Crippen LogP contribution >= 0.6 is 11.8 Å². The maximum Gasteiger partial charge on any atom is 0.269 e. The van der Waals surface area contributed by atoms with Gasteiger partial charge in [-0.3, -0.25) is 24.3 Å². The highest BCUT2D eigenvalue weighted by Gasteiger charge is 2.21. The number of nitro benzene ring substituents is 1. The number of non-ortho nitro benzene ring substituents is 1. The monoisotopic (exact) mass is 384 g/mol. The number of imidazole rings is 1. The van der Waals surface area contributed by atoms with E-state index in [0.717, 1.165) is 0 Å². The van der Waals surface area contributed by atoms with Crippen molar-refractivity contribution in [2.75, 3.05) is 5.32 Å². The number of fused-ring (bicyclic) bond motifs is 1. The number of anilines is 1. The summed E-state index contributed by atoms with van der Waals surface area (Å²) in [4.78, 5) is 39.1. The van der Waals surface area contributed by atoms with Gasteiger partial charge in [0.2, 0.25) is 11.8 Å². The lowest BCUT2D eigenvalue weighted by Crippen LogP contribution is -2.23. The van der Waals surface area contributed by atoms with E-state index in [4.69, 9.17) is 0 Å². The number of nitro groups is 1. The summed E-state index contributed by atoms with van der Waals surface area (Å²) < 4.78 is 1.48. The molecule has 0 spiro atoms. The zero-order valence-electron chi connectivity index (χ0n) is 14.6. The van der Waals surface area contributed by atoms with Crippen molar-refractivity contribution in [3.05, 3.63) is 58.6 Å². The number of para-hydroxylation sites is 2. The molecule has 0 bridgehead atoms. The molecule has 9 heteroatoms. The number of hydrogen-bond donors (Lipinski definition) is 1. The number of thioether (sulfide) groups is 1. The summed E-state index contributed by atoms with van der Waals surface area (Å²) >= 11 is 1.17. The van der Waals surface area contributed by atoms with Gasteiger partial charge in [0, 0.05) is 24.7 Å². The molecular formula is C18H16N4O4S. The zero-order chi connectivity index (χ0) is 19.6. The van der Waals surface area contributed by atoms with Crippen LogP contribution in [0.3, 0.4) is 0 Å². The number of aromatic nitrogens is 2. The summed E-state index contributed by atoms with van der Waals surface area (Å²) in [5.41, 5.74) is 1.78. The lowest BCUT2D eigenvalue weighted by atomic mass is 10.3. The summed E-state index contributed by atoms with van der Waals surface area (Å²) in [6, 6.07) is 12.8. The Morgan fingerprint density at radius 2 is 1.85 bits per heavy atom. The fourth-order valence-corrected chi connectivity index (χ4v) is 3.47. The van der Waals surface area contributed by atoms with Crippen molar-refractivity contribution < 1.29 is 14.5 Å². The minimum Gasteiger partial charge on any atom is -0.325 e. The van der Waals surface area contributed by atoms with Crippen LogP contribution in [-0.2, 0) is 4.79 Å². The number of nitrogens with one attached hydrogen (secondary N) is 1. The second kappa shape index (κ2) is 7.58. The Hall–Kier alpha value is -3.20. The van der Waals surface area contributed by atoms with Crippen LogP contribution in [0.4, 0.5) is 11.4 Å². The van der Waals surface area contributed by atoms with Gasteiger partial charge in [0.15, 0.2) is 5.16 Å². The van der Waals surface area contributed by atoms with Crippen molar-refractivity contribution in [1.82, 2.24) is 9.55 Å². The fraction of sp³-hybridized carbons (Fsp3) is 0.167. The van der Waals surface area contributed by atoms with E-state index in [1.54, 1.807) is 19.1 Å². The third kappa shape index (κ3) is 3.98. The first-order valence-electron chi connectivity index (χ1n) is 8.07. The standard InChI is InChI=1S/C18H16N4O4S/c1-11(17(24)19-13-7-9-14(10-8-13)22(25)26)27-18-20-15-5-3-4-6-16(15)21(18)12(2)23/h3-11H,1-2H3,(H,19,24)/t11-/m1/s1. The van der Waals surface area contributed by atoms with Gasteiger partial charge in [-0.2, -0.15) is 0 Å². The van der Waals surface area contributed by atoms with E-state index in [9.17, 15) is 19.7 Å². The molecule has 0 unspecified atom stereocenters. The van der Waals surface area contributed by atoms with Gasteiger partial charge in [-0.05, 0) is 31.2 Å². The summed E-state index contributed by atoms with van der Waals surface area (Å²) in [5.74, 6) is -0.481. The van der Waals surface area contributed by atoms with E-state index in [1.165, 1.54) is 47.5 Å². The zero-order valence-corrected chi connectivity index (χ0v) is 15.4. The molecule has 27 heavy (non-hydrogen) atoms. The Bertz CT molecular complexity index is 1030. The van der Waals surface area contributed by atoms with Gasteiger partial charge in [-0.15, -0.1) is 0 Å². The smallest absolute Gasteiger partial charge is 0.269 e. The van der Waals surface area contributed by atoms with Crippen LogP contribution in [0.25, 0.3) is 11.0 Å². The molecule has 0 aliphatic rings. The summed E-state index contributed by atoms with van der Waals surface area (Å²) in [6.45, 7) is 3.15. The molecule has 138 valence electrons. The van der Waals surface area contributed by atoms with Crippen LogP contribution < -0.4 is 5.32 Å². The Kier molecular flexibility index (Phi) is 5.22. The lowest BCUT2D eigenvalue weighted by Gasteiger charge is -2.12. The Balaban J connectivity index is 1.76. The van der Waals surface area contributed by atoms with Gasteiger partial charge in [-0.25, -0.2) is 4.98 Å². The van der Waals surface area contributed by atoms with Crippen LogP contribution in [0.15, 0.2) is 53.7 Å². The molecule has 2 aromatic carbocycles. The normalized spacial score (nSPS) is 11.9. The Morgan fingerprint density at radius 1 is 1.19 bits per heavy atom. The Labute approximate surface area is 158 Å². The molecule has 1 amide bonds. The minimum atomic E-state index is -0.532. The first-order chi connectivity index (χ1) is 12.9. The molecule has 0 aliphatic carbocycles. The highest BCUT2D eigenvalue weighted by molar-refractivity contribution is 8.00. The number of benzene rings is 2. The number of nitrogens with zero attached hydrogens (tertiary/aromatic N) is 3. The fourth-order valence-electron chi connectivity index (χ4n) is 2.51. The van der Waals surface area contributed by atoms with E-state index in [0.29, 0.717) is 21.9 Å². The second-order valence-corrected chi connectivity index (χ2v) is 7.10. The van der Waals surface area contributed by atoms with Crippen molar-refractivity contribution in [3.63, 3.8) is 0 Å². The van der Waals surface area contributed by atoms with Crippen molar-refractivity contribution >= 4 is 46.0 Å². The van der Waals surface area contributed by atoms with Crippen molar-refractivity contribution in [1.29, 1.82) is 0 Å². The van der Waals surface area contributed by atoms with Gasteiger partial charge in [0.05, 0.1) is 21.2 Å². The highest BCUT2D eigenvalue weighted by Crippen LogP contribution is 2.28. The average Bonchev–Trinajstić information content (AvgIpc) is 3.00.